The second kappa shape index (κ2) is 8.79. The average Bonchev–Trinajstić information content (AvgIpc) is 3.25. The zero-order valence-corrected chi connectivity index (χ0v) is 11.6. The lowest BCUT2D eigenvalue weighted by molar-refractivity contribution is -0.167. The Balaban J connectivity index is 0.000000180. The van der Waals surface area contributed by atoms with Gasteiger partial charge in [0.2, 0.25) is 0 Å². The lowest BCUT2D eigenvalue weighted by Crippen LogP contribution is -2.28. The van der Waals surface area contributed by atoms with E-state index in [0.29, 0.717) is 12.2 Å². The van der Waals surface area contributed by atoms with Crippen molar-refractivity contribution in [2.24, 2.45) is 0 Å². The fourth-order valence-electron chi connectivity index (χ4n) is 1.25. The molecule has 2 saturated heterocycles. The van der Waals surface area contributed by atoms with Gasteiger partial charge in [0, 0.05) is 21.3 Å². The highest BCUT2D eigenvalue weighted by atomic mass is 16.7. The maximum Gasteiger partial charge on any atom is 0.182 e. The van der Waals surface area contributed by atoms with Gasteiger partial charge in [0.15, 0.2) is 6.29 Å². The normalized spacial score (nSPS) is 26.5. The van der Waals surface area contributed by atoms with Crippen LogP contribution < -0.4 is 0 Å². The van der Waals surface area contributed by atoms with Gasteiger partial charge in [-0.1, -0.05) is 0 Å². The Morgan fingerprint density at radius 1 is 0.944 bits per heavy atom. The van der Waals surface area contributed by atoms with Crippen molar-refractivity contribution in [3.05, 3.63) is 0 Å². The molecule has 18 heavy (non-hydrogen) atoms. The number of rotatable bonds is 8. The molecule has 0 aromatic heterocycles. The molecule has 0 aromatic carbocycles. The summed E-state index contributed by atoms with van der Waals surface area (Å²) in [6.07, 6.45) is 0.516. The summed E-state index contributed by atoms with van der Waals surface area (Å²) in [5.41, 5.74) is 0. The summed E-state index contributed by atoms with van der Waals surface area (Å²) in [6, 6.07) is 0. The van der Waals surface area contributed by atoms with Gasteiger partial charge in [-0.05, 0) is 6.92 Å². The van der Waals surface area contributed by atoms with Crippen LogP contribution in [0.15, 0.2) is 0 Å². The van der Waals surface area contributed by atoms with Crippen molar-refractivity contribution in [2.75, 3.05) is 47.8 Å². The van der Waals surface area contributed by atoms with E-state index in [-0.39, 0.29) is 12.4 Å². The van der Waals surface area contributed by atoms with Crippen LogP contribution in [0.4, 0.5) is 0 Å². The van der Waals surface area contributed by atoms with E-state index in [1.807, 2.05) is 6.92 Å². The standard InChI is InChI=1S/C6H10O3.C6H14O3/c1(5-3-8-5)7-2-6-4-9-6;1-5(7-2)6(8-3)9-4/h5-6H,1-4H2;5-6H,1-4H3. The molecule has 6 nitrogen and oxygen atoms in total. The van der Waals surface area contributed by atoms with Gasteiger partial charge in [-0.15, -0.1) is 0 Å². The first-order valence-electron chi connectivity index (χ1n) is 6.10. The largest absolute Gasteiger partial charge is 0.376 e. The lowest BCUT2D eigenvalue weighted by Gasteiger charge is -2.18. The Hall–Kier alpha value is -0.240. The highest BCUT2D eigenvalue weighted by Crippen LogP contribution is 2.12. The molecule has 108 valence electrons. The number of hydrogen-bond donors (Lipinski definition) is 0. The third-order valence-electron chi connectivity index (χ3n) is 2.63. The van der Waals surface area contributed by atoms with Crippen LogP contribution in [-0.2, 0) is 28.4 Å². The SMILES string of the molecule is C(OCC1CO1)C1CO1.COC(C)C(OC)OC. The Morgan fingerprint density at radius 2 is 1.39 bits per heavy atom. The van der Waals surface area contributed by atoms with Crippen LogP contribution in [0.5, 0.6) is 0 Å². The van der Waals surface area contributed by atoms with Crippen LogP contribution in [-0.4, -0.2) is 72.4 Å². The van der Waals surface area contributed by atoms with Gasteiger partial charge in [-0.25, -0.2) is 0 Å². The zero-order valence-electron chi connectivity index (χ0n) is 11.6. The molecule has 3 atom stereocenters. The smallest absolute Gasteiger partial charge is 0.182 e. The predicted molar refractivity (Wildman–Crippen MR) is 64.6 cm³/mol. The molecule has 2 fully saturated rings. The minimum Gasteiger partial charge on any atom is -0.376 e. The highest BCUT2D eigenvalue weighted by molar-refractivity contribution is 4.71. The fraction of sp³-hybridized carbons (Fsp3) is 1.00. The first-order valence-corrected chi connectivity index (χ1v) is 6.10. The second-order valence-electron chi connectivity index (χ2n) is 4.23. The van der Waals surface area contributed by atoms with E-state index in [0.717, 1.165) is 26.4 Å². The number of hydrogen-bond acceptors (Lipinski definition) is 6. The number of epoxide rings is 2. The summed E-state index contributed by atoms with van der Waals surface area (Å²) in [4.78, 5) is 0. The van der Waals surface area contributed by atoms with E-state index in [2.05, 4.69) is 0 Å². The third kappa shape index (κ3) is 7.25. The van der Waals surface area contributed by atoms with E-state index in [9.17, 15) is 0 Å². The Kier molecular flexibility index (Phi) is 7.73. The summed E-state index contributed by atoms with van der Waals surface area (Å²) >= 11 is 0. The Labute approximate surface area is 108 Å². The van der Waals surface area contributed by atoms with Gasteiger partial charge in [-0.3, -0.25) is 0 Å². The molecule has 0 aromatic rings. The van der Waals surface area contributed by atoms with E-state index in [1.165, 1.54) is 0 Å². The van der Waals surface area contributed by atoms with Crippen LogP contribution in [0.3, 0.4) is 0 Å². The zero-order chi connectivity index (χ0) is 13.4. The summed E-state index contributed by atoms with van der Waals surface area (Å²) in [6.45, 7) is 5.15. The van der Waals surface area contributed by atoms with E-state index >= 15 is 0 Å². The maximum atomic E-state index is 5.23. The molecule has 0 amide bonds. The van der Waals surface area contributed by atoms with E-state index in [4.69, 9.17) is 28.4 Å². The molecular weight excluding hydrogens is 240 g/mol. The van der Waals surface area contributed by atoms with Crippen LogP contribution >= 0.6 is 0 Å². The van der Waals surface area contributed by atoms with Crippen LogP contribution in [0, 0.1) is 0 Å². The first-order chi connectivity index (χ1) is 8.71. The molecule has 2 heterocycles. The van der Waals surface area contributed by atoms with Gasteiger partial charge in [0.1, 0.15) is 18.3 Å². The molecule has 0 saturated carbocycles. The number of ether oxygens (including phenoxy) is 6. The predicted octanol–water partition coefficient (Wildman–Crippen LogP) is 0.441. The van der Waals surface area contributed by atoms with E-state index in [1.54, 1.807) is 21.3 Å². The molecule has 2 rings (SSSR count). The second-order valence-corrected chi connectivity index (χ2v) is 4.23. The van der Waals surface area contributed by atoms with Crippen molar-refractivity contribution in [1.82, 2.24) is 0 Å². The molecule has 0 radical (unpaired) electrons. The Morgan fingerprint density at radius 3 is 1.61 bits per heavy atom. The molecule has 3 unspecified atom stereocenters. The topological polar surface area (TPSA) is 62.0 Å². The summed E-state index contributed by atoms with van der Waals surface area (Å²) in [5.74, 6) is 0. The van der Waals surface area contributed by atoms with Gasteiger partial charge in [0.25, 0.3) is 0 Å². The number of methoxy groups -OCH3 is 3. The lowest BCUT2D eigenvalue weighted by atomic mass is 10.4. The molecular formula is C12H24O6. The minimum atomic E-state index is -0.255. The van der Waals surface area contributed by atoms with Gasteiger partial charge in [-0.2, -0.15) is 0 Å². The molecule has 2 aliphatic rings. The van der Waals surface area contributed by atoms with Gasteiger partial charge < -0.3 is 28.4 Å². The van der Waals surface area contributed by atoms with Crippen molar-refractivity contribution in [2.45, 2.75) is 31.5 Å². The fourth-order valence-corrected chi connectivity index (χ4v) is 1.25. The van der Waals surface area contributed by atoms with Crippen molar-refractivity contribution >= 4 is 0 Å². The maximum absolute atomic E-state index is 5.23. The molecule has 0 bridgehead atoms. The van der Waals surface area contributed by atoms with Crippen molar-refractivity contribution in [3.8, 4) is 0 Å². The Bertz CT molecular complexity index is 189. The van der Waals surface area contributed by atoms with Crippen LogP contribution in [0.1, 0.15) is 6.92 Å². The monoisotopic (exact) mass is 264 g/mol. The summed E-state index contributed by atoms with van der Waals surface area (Å²) in [5, 5.41) is 0. The molecule has 0 N–H and O–H groups in total. The molecule has 6 heteroatoms. The average molecular weight is 264 g/mol. The quantitative estimate of drug-likeness (QED) is 0.468. The summed E-state index contributed by atoms with van der Waals surface area (Å²) in [7, 11) is 4.79. The highest BCUT2D eigenvalue weighted by Gasteiger charge is 2.26. The van der Waals surface area contributed by atoms with Crippen LogP contribution in [0.2, 0.25) is 0 Å². The van der Waals surface area contributed by atoms with Crippen molar-refractivity contribution < 1.29 is 28.4 Å². The molecule has 2 aliphatic heterocycles. The van der Waals surface area contributed by atoms with Gasteiger partial charge in [0.05, 0.1) is 26.4 Å². The van der Waals surface area contributed by atoms with E-state index < -0.39 is 0 Å². The van der Waals surface area contributed by atoms with Crippen molar-refractivity contribution in [3.63, 3.8) is 0 Å². The minimum absolute atomic E-state index is 0.0139. The van der Waals surface area contributed by atoms with Gasteiger partial charge >= 0.3 is 0 Å². The third-order valence-corrected chi connectivity index (χ3v) is 2.63. The summed E-state index contributed by atoms with van der Waals surface area (Å²) < 4.78 is 29.9. The first kappa shape index (κ1) is 15.8. The van der Waals surface area contributed by atoms with Crippen molar-refractivity contribution in [1.29, 1.82) is 0 Å². The molecule has 0 aliphatic carbocycles. The molecule has 0 spiro atoms. The van der Waals surface area contributed by atoms with Crippen LogP contribution in [0.25, 0.3) is 0 Å².